The molecule has 146 valence electrons. The van der Waals surface area contributed by atoms with Crippen molar-refractivity contribution in [3.05, 3.63) is 64.4 Å². The van der Waals surface area contributed by atoms with Gasteiger partial charge in [0.25, 0.3) is 0 Å². The Balaban J connectivity index is 1.89. The van der Waals surface area contributed by atoms with E-state index in [1.54, 1.807) is 24.3 Å². The maximum Gasteiger partial charge on any atom is 0.183 e. The van der Waals surface area contributed by atoms with E-state index in [1.165, 1.54) is 19.1 Å². The van der Waals surface area contributed by atoms with Crippen molar-refractivity contribution >= 4 is 31.3 Å². The van der Waals surface area contributed by atoms with E-state index in [4.69, 9.17) is 11.6 Å². The van der Waals surface area contributed by atoms with Crippen molar-refractivity contribution in [2.75, 3.05) is 11.5 Å². The smallest absolute Gasteiger partial charge is 0.183 e. The number of sulfone groups is 2. The van der Waals surface area contributed by atoms with Crippen LogP contribution in [0.15, 0.2) is 47.4 Å². The zero-order valence-corrected chi connectivity index (χ0v) is 16.9. The first-order valence-electron chi connectivity index (χ1n) is 8.27. The van der Waals surface area contributed by atoms with Gasteiger partial charge in [-0.3, -0.25) is 0 Å². The second kappa shape index (κ2) is 7.50. The number of nitrogens with one attached hydrogen (secondary N) is 1. The minimum atomic E-state index is -3.95. The predicted molar refractivity (Wildman–Crippen MR) is 103 cm³/mol. The third-order valence-electron chi connectivity index (χ3n) is 4.67. The summed E-state index contributed by atoms with van der Waals surface area (Å²) in [4.78, 5) is -0.0759. The number of hydrogen-bond donors (Lipinski definition) is 1. The molecule has 1 heterocycles. The summed E-state index contributed by atoms with van der Waals surface area (Å²) in [7, 11) is -7.47. The highest BCUT2D eigenvalue weighted by Crippen LogP contribution is 2.27. The summed E-state index contributed by atoms with van der Waals surface area (Å²) in [5, 5.41) is 2.40. The molecule has 0 bridgehead atoms. The van der Waals surface area contributed by atoms with Crippen molar-refractivity contribution in [2.24, 2.45) is 0 Å². The summed E-state index contributed by atoms with van der Waals surface area (Å²) < 4.78 is 63.8. The zero-order valence-electron chi connectivity index (χ0n) is 14.5. The van der Waals surface area contributed by atoms with Gasteiger partial charge in [-0.25, -0.2) is 21.2 Å². The Morgan fingerprint density at radius 3 is 2.56 bits per heavy atom. The zero-order chi connectivity index (χ0) is 19.8. The van der Waals surface area contributed by atoms with Gasteiger partial charge in [-0.15, -0.1) is 0 Å². The van der Waals surface area contributed by atoms with Crippen LogP contribution < -0.4 is 5.32 Å². The molecule has 1 aliphatic rings. The SMILES string of the molecule is Cc1cc(S(=O)(=O)C2CS(=O)(=O)CC2NCc2ccccc2Cl)ccc1F. The number of halogens is 2. The van der Waals surface area contributed by atoms with E-state index in [-0.39, 0.29) is 22.8 Å². The van der Waals surface area contributed by atoms with Crippen molar-refractivity contribution < 1.29 is 21.2 Å². The van der Waals surface area contributed by atoms with Crippen LogP contribution in [-0.4, -0.2) is 39.6 Å². The lowest BCUT2D eigenvalue weighted by atomic mass is 10.2. The Morgan fingerprint density at radius 1 is 1.19 bits per heavy atom. The van der Waals surface area contributed by atoms with Gasteiger partial charge >= 0.3 is 0 Å². The van der Waals surface area contributed by atoms with Crippen LogP contribution in [0.1, 0.15) is 11.1 Å². The highest BCUT2D eigenvalue weighted by Gasteiger charge is 2.45. The Kier molecular flexibility index (Phi) is 5.63. The molecule has 2 atom stereocenters. The molecule has 2 aromatic rings. The van der Waals surface area contributed by atoms with Gasteiger partial charge in [0.1, 0.15) is 5.82 Å². The lowest BCUT2D eigenvalue weighted by Gasteiger charge is -2.20. The molecular weight excluding hydrogens is 413 g/mol. The first-order valence-corrected chi connectivity index (χ1v) is 12.0. The molecule has 5 nitrogen and oxygen atoms in total. The fourth-order valence-electron chi connectivity index (χ4n) is 3.16. The first-order chi connectivity index (χ1) is 12.6. The second-order valence-corrected chi connectivity index (χ2v) is 11.4. The van der Waals surface area contributed by atoms with Crippen LogP contribution in [-0.2, 0) is 26.2 Å². The molecule has 9 heteroatoms. The molecule has 27 heavy (non-hydrogen) atoms. The van der Waals surface area contributed by atoms with Crippen LogP contribution in [0, 0.1) is 12.7 Å². The van der Waals surface area contributed by atoms with Gasteiger partial charge in [-0.05, 0) is 42.3 Å². The Hall–Kier alpha value is -1.48. The number of aryl methyl sites for hydroxylation is 1. The maximum absolute atomic E-state index is 13.5. The van der Waals surface area contributed by atoms with Gasteiger partial charge in [0.2, 0.25) is 0 Å². The van der Waals surface area contributed by atoms with Crippen LogP contribution >= 0.6 is 11.6 Å². The van der Waals surface area contributed by atoms with Crippen molar-refractivity contribution in [2.45, 2.75) is 29.7 Å². The number of rotatable bonds is 5. The van der Waals surface area contributed by atoms with E-state index in [2.05, 4.69) is 5.32 Å². The summed E-state index contributed by atoms with van der Waals surface area (Å²) in [5.41, 5.74) is 0.940. The normalized spacial score (nSPS) is 22.0. The summed E-state index contributed by atoms with van der Waals surface area (Å²) >= 11 is 6.11. The van der Waals surface area contributed by atoms with E-state index >= 15 is 0 Å². The Bertz CT molecular complexity index is 1070. The number of hydrogen-bond acceptors (Lipinski definition) is 5. The van der Waals surface area contributed by atoms with Crippen molar-refractivity contribution in [3.8, 4) is 0 Å². The fourth-order valence-corrected chi connectivity index (χ4v) is 8.17. The third-order valence-corrected chi connectivity index (χ3v) is 9.19. The van der Waals surface area contributed by atoms with Gasteiger partial charge in [0.15, 0.2) is 19.7 Å². The van der Waals surface area contributed by atoms with Crippen molar-refractivity contribution in [1.29, 1.82) is 0 Å². The van der Waals surface area contributed by atoms with Gasteiger partial charge in [0.05, 0.1) is 21.7 Å². The largest absolute Gasteiger partial charge is 0.308 e. The van der Waals surface area contributed by atoms with Gasteiger partial charge in [-0.1, -0.05) is 29.8 Å². The highest BCUT2D eigenvalue weighted by atomic mass is 35.5. The molecule has 1 saturated heterocycles. The van der Waals surface area contributed by atoms with E-state index in [0.29, 0.717) is 5.02 Å². The summed E-state index contributed by atoms with van der Waals surface area (Å²) in [6.07, 6.45) is 0. The van der Waals surface area contributed by atoms with Gasteiger partial charge < -0.3 is 5.32 Å². The third kappa shape index (κ3) is 4.34. The summed E-state index contributed by atoms with van der Waals surface area (Å²) in [5.74, 6) is -1.26. The predicted octanol–water partition coefficient (Wildman–Crippen LogP) is 2.52. The summed E-state index contributed by atoms with van der Waals surface area (Å²) in [6.45, 7) is 1.71. The second-order valence-electron chi connectivity index (χ2n) is 6.65. The Labute approximate surface area is 163 Å². The van der Waals surface area contributed by atoms with Crippen LogP contribution in [0.3, 0.4) is 0 Å². The highest BCUT2D eigenvalue weighted by molar-refractivity contribution is 7.96. The molecule has 3 rings (SSSR count). The molecule has 0 saturated carbocycles. The maximum atomic E-state index is 13.5. The van der Waals surface area contributed by atoms with Crippen LogP contribution in [0.25, 0.3) is 0 Å². The molecule has 0 spiro atoms. The fraction of sp³-hybridized carbons (Fsp3) is 0.333. The lowest BCUT2D eigenvalue weighted by molar-refractivity contribution is 0.526. The molecular formula is C18H19ClFNO4S2. The van der Waals surface area contributed by atoms with Gasteiger partial charge in [-0.2, -0.15) is 0 Å². The first kappa shape index (κ1) is 20.3. The standard InChI is InChI=1S/C18H19ClFNO4S2/c1-12-8-14(6-7-16(12)20)27(24,25)18-11-26(22,23)10-17(18)21-9-13-4-2-3-5-15(13)19/h2-8,17-18,21H,9-11H2,1H3. The molecule has 1 aliphatic heterocycles. The quantitative estimate of drug-likeness (QED) is 0.736. The molecule has 2 aromatic carbocycles. The topological polar surface area (TPSA) is 80.3 Å². The molecule has 1 N–H and O–H groups in total. The lowest BCUT2D eigenvalue weighted by Crippen LogP contribution is -2.43. The monoisotopic (exact) mass is 431 g/mol. The van der Waals surface area contributed by atoms with E-state index in [0.717, 1.165) is 11.6 Å². The minimum Gasteiger partial charge on any atom is -0.308 e. The van der Waals surface area contributed by atoms with Crippen LogP contribution in [0.5, 0.6) is 0 Å². The van der Waals surface area contributed by atoms with Crippen molar-refractivity contribution in [3.63, 3.8) is 0 Å². The molecule has 0 amide bonds. The average Bonchev–Trinajstić information content (AvgIpc) is 2.92. The van der Waals surface area contributed by atoms with E-state index in [9.17, 15) is 21.2 Å². The van der Waals surface area contributed by atoms with Gasteiger partial charge in [0, 0.05) is 17.6 Å². The Morgan fingerprint density at radius 2 is 1.89 bits per heavy atom. The van der Waals surface area contributed by atoms with E-state index in [1.807, 2.05) is 0 Å². The average molecular weight is 432 g/mol. The molecule has 2 unspecified atom stereocenters. The van der Waals surface area contributed by atoms with Crippen LogP contribution in [0.4, 0.5) is 4.39 Å². The summed E-state index contributed by atoms with van der Waals surface area (Å²) in [6, 6.07) is 9.78. The molecule has 0 aliphatic carbocycles. The molecule has 0 radical (unpaired) electrons. The minimum absolute atomic E-state index is 0.0759. The van der Waals surface area contributed by atoms with E-state index < -0.39 is 42.5 Å². The molecule has 0 aromatic heterocycles. The number of benzene rings is 2. The van der Waals surface area contributed by atoms with Crippen LogP contribution in [0.2, 0.25) is 5.02 Å². The van der Waals surface area contributed by atoms with Crippen molar-refractivity contribution in [1.82, 2.24) is 5.32 Å². The molecule has 1 fully saturated rings.